The first-order chi connectivity index (χ1) is 11.6. The van der Waals surface area contributed by atoms with Crippen molar-refractivity contribution in [2.45, 2.75) is 6.42 Å². The Hall–Kier alpha value is -2.54. The van der Waals surface area contributed by atoms with E-state index >= 15 is 0 Å². The maximum absolute atomic E-state index is 10.6. The molecule has 6 nitrogen and oxygen atoms in total. The number of hydrazone groups is 1. The van der Waals surface area contributed by atoms with Gasteiger partial charge in [-0.25, -0.2) is 10.2 Å². The number of carbonyl (C=O) groups is 1. The second kappa shape index (κ2) is 8.93. The number of hydrogen-bond donors (Lipinski definition) is 2. The van der Waals surface area contributed by atoms with Gasteiger partial charge in [-0.15, -0.1) is 0 Å². The summed E-state index contributed by atoms with van der Waals surface area (Å²) in [5, 5.41) is 3.73. The molecule has 0 atom stereocenters. The third-order valence-corrected chi connectivity index (χ3v) is 3.84. The van der Waals surface area contributed by atoms with Gasteiger partial charge in [-0.1, -0.05) is 30.3 Å². The molecule has 0 fully saturated rings. The Kier molecular flexibility index (Phi) is 6.62. The van der Waals surface area contributed by atoms with Crippen molar-refractivity contribution in [2.24, 2.45) is 10.8 Å². The molecule has 3 N–H and O–H groups in total. The summed E-state index contributed by atoms with van der Waals surface area (Å²) in [6.07, 6.45) is 2.26. The second-order valence-corrected chi connectivity index (χ2v) is 5.70. The number of amides is 2. The SMILES string of the molecule is COc1cc(/C=N/NC(N)=O)c(Br)cc1OCCc1ccccc1. The number of benzene rings is 2. The highest BCUT2D eigenvalue weighted by molar-refractivity contribution is 9.10. The molecule has 0 bridgehead atoms. The smallest absolute Gasteiger partial charge is 0.332 e. The molecule has 0 aliphatic rings. The highest BCUT2D eigenvalue weighted by Gasteiger charge is 2.09. The van der Waals surface area contributed by atoms with Crippen LogP contribution in [-0.2, 0) is 6.42 Å². The average Bonchev–Trinajstić information content (AvgIpc) is 2.57. The Labute approximate surface area is 148 Å². The molecule has 2 aromatic carbocycles. The molecular weight excluding hydrogens is 374 g/mol. The molecule has 2 aromatic rings. The molecule has 0 aromatic heterocycles. The van der Waals surface area contributed by atoms with Crippen LogP contribution in [0, 0.1) is 0 Å². The lowest BCUT2D eigenvalue weighted by Gasteiger charge is -2.12. The van der Waals surface area contributed by atoms with E-state index in [0.717, 1.165) is 16.5 Å². The maximum atomic E-state index is 10.6. The van der Waals surface area contributed by atoms with Gasteiger partial charge in [0, 0.05) is 16.5 Å². The number of nitrogens with one attached hydrogen (secondary N) is 1. The number of nitrogens with zero attached hydrogens (tertiary/aromatic N) is 1. The third kappa shape index (κ3) is 5.27. The lowest BCUT2D eigenvalue weighted by Crippen LogP contribution is -2.24. The van der Waals surface area contributed by atoms with E-state index in [9.17, 15) is 4.79 Å². The number of methoxy groups -OCH3 is 1. The van der Waals surface area contributed by atoms with Crippen molar-refractivity contribution in [1.29, 1.82) is 0 Å². The Balaban J connectivity index is 2.05. The van der Waals surface area contributed by atoms with Crippen LogP contribution in [-0.4, -0.2) is 26.0 Å². The lowest BCUT2D eigenvalue weighted by molar-refractivity contribution is 0.249. The zero-order valence-electron chi connectivity index (χ0n) is 13.2. The Morgan fingerprint density at radius 1 is 1.29 bits per heavy atom. The molecule has 0 saturated carbocycles. The van der Waals surface area contributed by atoms with Crippen molar-refractivity contribution in [3.8, 4) is 11.5 Å². The van der Waals surface area contributed by atoms with E-state index in [2.05, 4.69) is 38.6 Å². The predicted molar refractivity (Wildman–Crippen MR) is 96.6 cm³/mol. The number of hydrogen-bond acceptors (Lipinski definition) is 4. The number of carbonyl (C=O) groups excluding carboxylic acids is 1. The fraction of sp³-hybridized carbons (Fsp3) is 0.176. The predicted octanol–water partition coefficient (Wildman–Crippen LogP) is 3.08. The van der Waals surface area contributed by atoms with E-state index in [4.69, 9.17) is 15.2 Å². The van der Waals surface area contributed by atoms with Crippen molar-refractivity contribution in [3.05, 3.63) is 58.1 Å². The third-order valence-electron chi connectivity index (χ3n) is 3.15. The molecule has 0 saturated heterocycles. The summed E-state index contributed by atoms with van der Waals surface area (Å²) in [5.41, 5.74) is 9.02. The number of nitrogens with two attached hydrogens (primary N) is 1. The molecular formula is C17H18BrN3O3. The van der Waals surface area contributed by atoms with Gasteiger partial charge in [0.2, 0.25) is 0 Å². The van der Waals surface area contributed by atoms with Crippen LogP contribution in [0.4, 0.5) is 4.79 Å². The van der Waals surface area contributed by atoms with Gasteiger partial charge in [-0.3, -0.25) is 0 Å². The van der Waals surface area contributed by atoms with Gasteiger partial charge in [-0.2, -0.15) is 5.10 Å². The Morgan fingerprint density at radius 2 is 2.04 bits per heavy atom. The fourth-order valence-corrected chi connectivity index (χ4v) is 2.44. The molecule has 0 spiro atoms. The van der Waals surface area contributed by atoms with E-state index in [1.165, 1.54) is 11.8 Å². The van der Waals surface area contributed by atoms with Crippen molar-refractivity contribution >= 4 is 28.2 Å². The van der Waals surface area contributed by atoms with E-state index in [1.54, 1.807) is 19.2 Å². The number of rotatable bonds is 7. The summed E-state index contributed by atoms with van der Waals surface area (Å²) in [5.74, 6) is 1.20. The topological polar surface area (TPSA) is 85.9 Å². The van der Waals surface area contributed by atoms with Crippen LogP contribution in [0.25, 0.3) is 0 Å². The summed E-state index contributed by atoms with van der Waals surface area (Å²) >= 11 is 3.44. The first-order valence-corrected chi connectivity index (χ1v) is 8.02. The van der Waals surface area contributed by atoms with E-state index in [1.807, 2.05) is 18.2 Å². The van der Waals surface area contributed by atoms with Gasteiger partial charge in [0.25, 0.3) is 0 Å². The molecule has 2 amide bonds. The van der Waals surface area contributed by atoms with Crippen molar-refractivity contribution in [3.63, 3.8) is 0 Å². The van der Waals surface area contributed by atoms with Crippen molar-refractivity contribution < 1.29 is 14.3 Å². The highest BCUT2D eigenvalue weighted by atomic mass is 79.9. The standard InChI is InChI=1S/C17H18BrN3O3/c1-23-15-9-13(11-20-21-17(19)22)14(18)10-16(15)24-8-7-12-5-3-2-4-6-12/h2-6,9-11H,7-8H2,1H3,(H3,19,21,22)/b20-11+. The zero-order valence-corrected chi connectivity index (χ0v) is 14.7. The number of halogens is 1. The van der Waals surface area contributed by atoms with Gasteiger partial charge in [0.05, 0.1) is 19.9 Å². The van der Waals surface area contributed by atoms with E-state index < -0.39 is 6.03 Å². The second-order valence-electron chi connectivity index (χ2n) is 4.84. The zero-order chi connectivity index (χ0) is 17.4. The molecule has 24 heavy (non-hydrogen) atoms. The summed E-state index contributed by atoms with van der Waals surface area (Å²) in [6, 6.07) is 12.9. The fourth-order valence-electron chi connectivity index (χ4n) is 2.01. The molecule has 2 rings (SSSR count). The average molecular weight is 392 g/mol. The Morgan fingerprint density at radius 3 is 2.71 bits per heavy atom. The summed E-state index contributed by atoms with van der Waals surface area (Å²) in [7, 11) is 1.57. The molecule has 0 unspecified atom stereocenters. The van der Waals surface area contributed by atoms with Gasteiger partial charge < -0.3 is 15.2 Å². The molecule has 0 heterocycles. The quantitative estimate of drug-likeness (QED) is 0.561. The highest BCUT2D eigenvalue weighted by Crippen LogP contribution is 2.33. The van der Waals surface area contributed by atoms with Crippen molar-refractivity contribution in [2.75, 3.05) is 13.7 Å². The van der Waals surface area contributed by atoms with Crippen LogP contribution in [0.5, 0.6) is 11.5 Å². The normalized spacial score (nSPS) is 10.6. The van der Waals surface area contributed by atoms with Gasteiger partial charge in [-0.05, 0) is 33.6 Å². The first kappa shape index (κ1) is 17.8. The van der Waals surface area contributed by atoms with E-state index in [0.29, 0.717) is 18.1 Å². The summed E-state index contributed by atoms with van der Waals surface area (Å²) in [6.45, 7) is 0.531. The minimum Gasteiger partial charge on any atom is -0.493 e. The van der Waals surface area contributed by atoms with Crippen molar-refractivity contribution in [1.82, 2.24) is 5.43 Å². The molecule has 0 aliphatic heterocycles. The van der Waals surface area contributed by atoms with Gasteiger partial charge in [0.1, 0.15) is 0 Å². The summed E-state index contributed by atoms with van der Waals surface area (Å²) < 4.78 is 11.9. The van der Waals surface area contributed by atoms with Crippen LogP contribution in [0.15, 0.2) is 52.0 Å². The molecule has 0 aliphatic carbocycles. The maximum Gasteiger partial charge on any atom is 0.332 e. The van der Waals surface area contributed by atoms with Crippen LogP contribution in [0.1, 0.15) is 11.1 Å². The van der Waals surface area contributed by atoms with Gasteiger partial charge in [0.15, 0.2) is 11.5 Å². The number of ether oxygens (including phenoxy) is 2. The summed E-state index contributed by atoms with van der Waals surface area (Å²) in [4.78, 5) is 10.6. The van der Waals surface area contributed by atoms with Crippen LogP contribution < -0.4 is 20.6 Å². The monoisotopic (exact) mass is 391 g/mol. The lowest BCUT2D eigenvalue weighted by atomic mass is 10.2. The number of primary amides is 1. The van der Waals surface area contributed by atoms with Gasteiger partial charge >= 0.3 is 6.03 Å². The Bertz CT molecular complexity index is 721. The van der Waals surface area contributed by atoms with Crippen LogP contribution in [0.2, 0.25) is 0 Å². The first-order valence-electron chi connectivity index (χ1n) is 7.23. The molecule has 0 radical (unpaired) electrons. The molecule has 7 heteroatoms. The largest absolute Gasteiger partial charge is 0.493 e. The van der Waals surface area contributed by atoms with Crippen LogP contribution in [0.3, 0.4) is 0 Å². The molecule has 126 valence electrons. The minimum absolute atomic E-state index is 0.531. The van der Waals surface area contributed by atoms with E-state index in [-0.39, 0.29) is 0 Å². The number of urea groups is 1. The van der Waals surface area contributed by atoms with Crippen LogP contribution >= 0.6 is 15.9 Å². The minimum atomic E-state index is -0.727.